The fraction of sp³-hybridized carbons (Fsp3) is 0.550. The van der Waals surface area contributed by atoms with Crippen molar-refractivity contribution in [3.05, 3.63) is 29.8 Å². The van der Waals surface area contributed by atoms with Crippen molar-refractivity contribution in [1.82, 2.24) is 9.80 Å². The third kappa shape index (κ3) is 6.44. The lowest BCUT2D eigenvalue weighted by molar-refractivity contribution is -0.137. The molecule has 1 fully saturated rings. The summed E-state index contributed by atoms with van der Waals surface area (Å²) in [7, 11) is 0. The van der Waals surface area contributed by atoms with Gasteiger partial charge in [0.25, 0.3) is 5.91 Å². The van der Waals surface area contributed by atoms with E-state index in [0.29, 0.717) is 30.9 Å². The van der Waals surface area contributed by atoms with Crippen LogP contribution in [-0.2, 0) is 20.7 Å². The first-order chi connectivity index (χ1) is 13.0. The highest BCUT2D eigenvalue weighted by molar-refractivity contribution is 5.78. The molecule has 0 radical (unpaired) electrons. The Morgan fingerprint density at radius 2 is 1.93 bits per heavy atom. The van der Waals surface area contributed by atoms with Gasteiger partial charge in [0.15, 0.2) is 6.61 Å². The van der Waals surface area contributed by atoms with E-state index in [1.54, 1.807) is 34.1 Å². The molecule has 1 N–H and O–H groups in total. The molecule has 28 heavy (non-hydrogen) atoms. The zero-order chi connectivity index (χ0) is 20.9. The van der Waals surface area contributed by atoms with Crippen LogP contribution in [0.4, 0.5) is 4.79 Å². The van der Waals surface area contributed by atoms with Crippen LogP contribution in [0.1, 0.15) is 33.3 Å². The van der Waals surface area contributed by atoms with Crippen molar-refractivity contribution in [2.75, 3.05) is 26.2 Å². The molecule has 2 rings (SSSR count). The first-order valence-corrected chi connectivity index (χ1v) is 9.26. The van der Waals surface area contributed by atoms with Crippen molar-refractivity contribution in [3.63, 3.8) is 0 Å². The average molecular weight is 392 g/mol. The summed E-state index contributed by atoms with van der Waals surface area (Å²) in [5, 5.41) is 8.86. The van der Waals surface area contributed by atoms with Crippen LogP contribution < -0.4 is 4.74 Å². The molecule has 0 saturated carbocycles. The van der Waals surface area contributed by atoms with Crippen LogP contribution in [0.3, 0.4) is 0 Å². The molecule has 0 bridgehead atoms. The Balaban J connectivity index is 1.86. The quantitative estimate of drug-likeness (QED) is 0.825. The summed E-state index contributed by atoms with van der Waals surface area (Å²) >= 11 is 0. The molecule has 8 nitrogen and oxygen atoms in total. The number of aliphatic carboxylic acids is 1. The molecule has 0 aliphatic carbocycles. The highest BCUT2D eigenvalue weighted by atomic mass is 16.6. The summed E-state index contributed by atoms with van der Waals surface area (Å²) in [6.07, 6.45) is -0.478. The summed E-state index contributed by atoms with van der Waals surface area (Å²) in [5.74, 6) is -0.656. The summed E-state index contributed by atoms with van der Waals surface area (Å²) in [5.41, 5.74) is 0.0457. The Hall–Kier alpha value is -2.77. The Morgan fingerprint density at radius 1 is 1.21 bits per heavy atom. The molecule has 1 aliphatic rings. The maximum Gasteiger partial charge on any atom is 0.410 e. The summed E-state index contributed by atoms with van der Waals surface area (Å²) in [4.78, 5) is 38.8. The number of ether oxygens (including phenoxy) is 2. The third-order valence-corrected chi connectivity index (χ3v) is 4.22. The second-order valence-corrected chi connectivity index (χ2v) is 7.87. The van der Waals surface area contributed by atoms with E-state index < -0.39 is 11.6 Å². The topological polar surface area (TPSA) is 96.4 Å². The van der Waals surface area contributed by atoms with Crippen molar-refractivity contribution in [2.45, 2.75) is 45.8 Å². The SMILES string of the molecule is CC1CN(C(=O)COc2cccc(CC(=O)O)c2)CCN1C(=O)OC(C)(C)C. The van der Waals surface area contributed by atoms with Gasteiger partial charge in [-0.2, -0.15) is 0 Å². The van der Waals surface area contributed by atoms with E-state index in [-0.39, 0.29) is 31.1 Å². The average Bonchev–Trinajstić information content (AvgIpc) is 2.57. The normalized spacial score (nSPS) is 17.2. The third-order valence-electron chi connectivity index (χ3n) is 4.22. The van der Waals surface area contributed by atoms with Crippen molar-refractivity contribution in [1.29, 1.82) is 0 Å². The summed E-state index contributed by atoms with van der Waals surface area (Å²) in [6, 6.07) is 6.53. The molecule has 1 aliphatic heterocycles. The van der Waals surface area contributed by atoms with Gasteiger partial charge in [-0.15, -0.1) is 0 Å². The molecule has 1 atom stereocenters. The first kappa shape index (κ1) is 21.5. The monoisotopic (exact) mass is 392 g/mol. The molecule has 1 unspecified atom stereocenters. The van der Waals surface area contributed by atoms with Gasteiger partial charge >= 0.3 is 12.1 Å². The second-order valence-electron chi connectivity index (χ2n) is 7.87. The number of benzene rings is 1. The van der Waals surface area contributed by atoms with Crippen molar-refractivity contribution in [2.24, 2.45) is 0 Å². The molecule has 1 aromatic rings. The Bertz CT molecular complexity index is 728. The largest absolute Gasteiger partial charge is 0.484 e. The van der Waals surface area contributed by atoms with E-state index >= 15 is 0 Å². The smallest absolute Gasteiger partial charge is 0.410 e. The van der Waals surface area contributed by atoms with Gasteiger partial charge in [-0.25, -0.2) is 4.79 Å². The molecular weight excluding hydrogens is 364 g/mol. The number of nitrogens with zero attached hydrogens (tertiary/aromatic N) is 2. The number of piperazine rings is 1. The first-order valence-electron chi connectivity index (χ1n) is 9.26. The van der Waals surface area contributed by atoms with Crippen LogP contribution in [-0.4, -0.2) is 70.8 Å². The molecule has 2 amide bonds. The number of carbonyl (C=O) groups is 3. The molecule has 1 saturated heterocycles. The molecule has 1 heterocycles. The van der Waals surface area contributed by atoms with Gasteiger partial charge in [0, 0.05) is 25.7 Å². The Labute approximate surface area is 165 Å². The minimum atomic E-state index is -0.926. The summed E-state index contributed by atoms with van der Waals surface area (Å²) < 4.78 is 10.9. The highest BCUT2D eigenvalue weighted by Crippen LogP contribution is 2.17. The van der Waals surface area contributed by atoms with Gasteiger partial charge in [-0.3, -0.25) is 9.59 Å². The molecule has 8 heteroatoms. The lowest BCUT2D eigenvalue weighted by Crippen LogP contribution is -2.56. The lowest BCUT2D eigenvalue weighted by atomic mass is 10.1. The van der Waals surface area contributed by atoms with E-state index in [4.69, 9.17) is 14.6 Å². The minimum absolute atomic E-state index is 0.102. The number of hydrogen-bond acceptors (Lipinski definition) is 5. The van der Waals surface area contributed by atoms with Crippen LogP contribution in [0, 0.1) is 0 Å². The fourth-order valence-corrected chi connectivity index (χ4v) is 2.93. The van der Waals surface area contributed by atoms with Crippen LogP contribution in [0.15, 0.2) is 24.3 Å². The molecule has 0 spiro atoms. The van der Waals surface area contributed by atoms with Crippen LogP contribution >= 0.6 is 0 Å². The van der Waals surface area contributed by atoms with Gasteiger partial charge in [0.05, 0.1) is 6.42 Å². The Morgan fingerprint density at radius 3 is 2.54 bits per heavy atom. The van der Waals surface area contributed by atoms with Crippen LogP contribution in [0.2, 0.25) is 0 Å². The van der Waals surface area contributed by atoms with Crippen molar-refractivity contribution >= 4 is 18.0 Å². The second kappa shape index (κ2) is 8.95. The molecule has 0 aromatic heterocycles. The molecular formula is C20H28N2O6. The van der Waals surface area contributed by atoms with E-state index in [1.807, 2.05) is 27.7 Å². The van der Waals surface area contributed by atoms with Gasteiger partial charge in [0.1, 0.15) is 11.4 Å². The van der Waals surface area contributed by atoms with Crippen LogP contribution in [0.5, 0.6) is 5.75 Å². The van der Waals surface area contributed by atoms with Gasteiger partial charge < -0.3 is 24.4 Å². The van der Waals surface area contributed by atoms with Gasteiger partial charge in [-0.1, -0.05) is 12.1 Å². The highest BCUT2D eigenvalue weighted by Gasteiger charge is 2.32. The number of carboxylic acid groups (broad SMARTS) is 1. The maximum absolute atomic E-state index is 12.5. The minimum Gasteiger partial charge on any atom is -0.484 e. The zero-order valence-electron chi connectivity index (χ0n) is 16.8. The number of amides is 2. The number of carbonyl (C=O) groups excluding carboxylic acids is 2. The fourth-order valence-electron chi connectivity index (χ4n) is 2.93. The predicted octanol–water partition coefficient (Wildman–Crippen LogP) is 2.16. The maximum atomic E-state index is 12.5. The Kier molecular flexibility index (Phi) is 6.88. The number of carboxylic acids is 1. The standard InChI is InChI=1S/C20H28N2O6/c1-14-12-21(8-9-22(14)19(26)28-20(2,3)4)17(23)13-27-16-7-5-6-15(10-16)11-18(24)25/h5-7,10,14H,8-9,11-13H2,1-4H3,(H,24,25). The van der Waals surface area contributed by atoms with Crippen molar-refractivity contribution in [3.8, 4) is 5.75 Å². The molecule has 154 valence electrons. The lowest BCUT2D eigenvalue weighted by Gasteiger charge is -2.40. The zero-order valence-corrected chi connectivity index (χ0v) is 16.8. The van der Waals surface area contributed by atoms with E-state index in [0.717, 1.165) is 0 Å². The van der Waals surface area contributed by atoms with Crippen molar-refractivity contribution < 1.29 is 29.0 Å². The number of hydrogen-bond donors (Lipinski definition) is 1. The summed E-state index contributed by atoms with van der Waals surface area (Å²) in [6.45, 7) is 8.39. The van der Waals surface area contributed by atoms with E-state index in [1.165, 1.54) is 0 Å². The van der Waals surface area contributed by atoms with E-state index in [2.05, 4.69) is 0 Å². The van der Waals surface area contributed by atoms with Gasteiger partial charge in [-0.05, 0) is 45.4 Å². The molecule has 1 aromatic carbocycles. The van der Waals surface area contributed by atoms with Gasteiger partial charge in [0.2, 0.25) is 0 Å². The predicted molar refractivity (Wildman–Crippen MR) is 102 cm³/mol. The van der Waals surface area contributed by atoms with Crippen LogP contribution in [0.25, 0.3) is 0 Å². The van der Waals surface area contributed by atoms with E-state index in [9.17, 15) is 14.4 Å². The number of rotatable bonds is 5.